The first-order chi connectivity index (χ1) is 17.1. The van der Waals surface area contributed by atoms with Gasteiger partial charge in [-0.05, 0) is 91.1 Å². The number of pyridine rings is 3. The molecule has 0 radical (unpaired) electrons. The van der Waals surface area contributed by atoms with E-state index in [1.807, 2.05) is 37.5 Å². The van der Waals surface area contributed by atoms with Crippen LogP contribution in [0, 0.1) is 20.8 Å². The molecule has 3 aromatic carbocycles. The van der Waals surface area contributed by atoms with Crippen LogP contribution in [0.1, 0.15) is 16.8 Å². The Bertz CT molecular complexity index is 1720. The van der Waals surface area contributed by atoms with Crippen molar-refractivity contribution in [1.29, 1.82) is 0 Å². The van der Waals surface area contributed by atoms with Crippen LogP contribution in [0.2, 0.25) is 0 Å². The largest absolute Gasteiger partial charge is 0.256 e. The summed E-state index contributed by atoms with van der Waals surface area (Å²) in [5.74, 6) is 0. The first-order valence-electron chi connectivity index (χ1n) is 11.9. The van der Waals surface area contributed by atoms with Gasteiger partial charge in [-0.2, -0.15) is 0 Å². The van der Waals surface area contributed by atoms with Crippen molar-refractivity contribution in [3.8, 4) is 33.5 Å². The minimum atomic E-state index is 0.980. The average Bonchev–Trinajstić information content (AvgIpc) is 2.88. The third-order valence-electron chi connectivity index (χ3n) is 6.60. The summed E-state index contributed by atoms with van der Waals surface area (Å²) in [4.78, 5) is 14.2. The number of aromatic nitrogens is 3. The fourth-order valence-electron chi connectivity index (χ4n) is 4.88. The normalized spacial score (nSPS) is 11.3. The lowest BCUT2D eigenvalue weighted by molar-refractivity contribution is 1.26. The van der Waals surface area contributed by atoms with E-state index >= 15 is 0 Å². The molecule has 0 saturated heterocycles. The zero-order chi connectivity index (χ0) is 23.9. The second-order valence-corrected chi connectivity index (χ2v) is 9.18. The van der Waals surface area contributed by atoms with Gasteiger partial charge in [0.15, 0.2) is 0 Å². The summed E-state index contributed by atoms with van der Waals surface area (Å²) >= 11 is 0. The lowest BCUT2D eigenvalue weighted by atomic mass is 9.91. The third-order valence-corrected chi connectivity index (χ3v) is 6.60. The van der Waals surface area contributed by atoms with Gasteiger partial charge in [-0.1, -0.05) is 42.5 Å². The molecule has 0 aliphatic heterocycles. The van der Waals surface area contributed by atoms with Gasteiger partial charge >= 0.3 is 0 Å². The zero-order valence-corrected chi connectivity index (χ0v) is 20.1. The maximum absolute atomic E-state index is 4.97. The monoisotopic (exact) mass is 451 g/mol. The number of benzene rings is 3. The summed E-state index contributed by atoms with van der Waals surface area (Å²) in [6, 6.07) is 29.9. The molecule has 0 bridgehead atoms. The Morgan fingerprint density at radius 2 is 1.40 bits per heavy atom. The fraction of sp³-hybridized carbons (Fsp3) is 0.0938. The van der Waals surface area contributed by atoms with Gasteiger partial charge in [0, 0.05) is 40.0 Å². The molecule has 3 nitrogen and oxygen atoms in total. The highest BCUT2D eigenvalue weighted by Gasteiger charge is 2.14. The molecular weight excluding hydrogens is 426 g/mol. The van der Waals surface area contributed by atoms with Gasteiger partial charge in [0.1, 0.15) is 0 Å². The second-order valence-electron chi connectivity index (χ2n) is 9.18. The molecule has 35 heavy (non-hydrogen) atoms. The number of nitrogens with zero attached hydrogens (tertiary/aromatic N) is 3. The Balaban J connectivity index is 1.58. The molecule has 0 saturated carbocycles. The SMILES string of the molecule is Cc1cc(-c2cc(-c3ccccn3)ccc2C)cc(-c2cc3ncccc3c3ccc(C)nc23)c1. The topological polar surface area (TPSA) is 38.7 Å². The number of rotatable bonds is 3. The molecule has 3 heterocycles. The Hall–Kier alpha value is -4.37. The van der Waals surface area contributed by atoms with E-state index in [2.05, 4.69) is 90.5 Å². The zero-order valence-electron chi connectivity index (χ0n) is 20.1. The Kier molecular flexibility index (Phi) is 5.11. The number of aryl methyl sites for hydroxylation is 3. The molecule has 6 rings (SSSR count). The van der Waals surface area contributed by atoms with E-state index in [1.165, 1.54) is 22.3 Å². The van der Waals surface area contributed by atoms with Gasteiger partial charge in [0.2, 0.25) is 0 Å². The molecule has 3 heteroatoms. The van der Waals surface area contributed by atoms with Crippen molar-refractivity contribution in [2.45, 2.75) is 20.8 Å². The molecule has 0 aliphatic rings. The van der Waals surface area contributed by atoms with Crippen LogP contribution < -0.4 is 0 Å². The average molecular weight is 452 g/mol. The fourth-order valence-corrected chi connectivity index (χ4v) is 4.88. The predicted molar refractivity (Wildman–Crippen MR) is 145 cm³/mol. The van der Waals surface area contributed by atoms with Gasteiger partial charge in [0.25, 0.3) is 0 Å². The van der Waals surface area contributed by atoms with Crippen LogP contribution in [0.5, 0.6) is 0 Å². The highest BCUT2D eigenvalue weighted by molar-refractivity contribution is 6.11. The molecule has 0 spiro atoms. The molecule has 0 aliphatic carbocycles. The first kappa shape index (κ1) is 21.2. The summed E-state index contributed by atoms with van der Waals surface area (Å²) < 4.78 is 0. The van der Waals surface area contributed by atoms with E-state index in [0.717, 1.165) is 49.9 Å². The Morgan fingerprint density at radius 3 is 2.23 bits per heavy atom. The van der Waals surface area contributed by atoms with E-state index in [-0.39, 0.29) is 0 Å². The van der Waals surface area contributed by atoms with E-state index in [9.17, 15) is 0 Å². The molecule has 168 valence electrons. The second kappa shape index (κ2) is 8.44. The van der Waals surface area contributed by atoms with Crippen LogP contribution in [0.25, 0.3) is 55.3 Å². The molecule has 0 N–H and O–H groups in total. The minimum Gasteiger partial charge on any atom is -0.256 e. The molecule has 6 aromatic rings. The van der Waals surface area contributed by atoms with Crippen molar-refractivity contribution >= 4 is 21.8 Å². The van der Waals surface area contributed by atoms with Gasteiger partial charge in [0.05, 0.1) is 16.7 Å². The lowest BCUT2D eigenvalue weighted by Crippen LogP contribution is -1.93. The van der Waals surface area contributed by atoms with Crippen molar-refractivity contribution < 1.29 is 0 Å². The van der Waals surface area contributed by atoms with Crippen molar-refractivity contribution in [2.75, 3.05) is 0 Å². The standard InChI is InChI=1S/C32H25N3/c1-20-15-24(28-18-23(11-9-21(28)2)30-8-4-5-13-33-30)17-25(16-20)29-19-31-26(7-6-14-34-31)27-12-10-22(3)35-32(27)29/h4-19H,1-3H3. The highest BCUT2D eigenvalue weighted by atomic mass is 14.7. The van der Waals surface area contributed by atoms with Gasteiger partial charge in [-0.15, -0.1) is 0 Å². The molecule has 0 unspecified atom stereocenters. The summed E-state index contributed by atoms with van der Waals surface area (Å²) in [6.07, 6.45) is 3.70. The van der Waals surface area contributed by atoms with Crippen LogP contribution in [0.15, 0.2) is 97.3 Å². The predicted octanol–water partition coefficient (Wildman–Crippen LogP) is 8.10. The number of hydrogen-bond acceptors (Lipinski definition) is 3. The number of hydrogen-bond donors (Lipinski definition) is 0. The van der Waals surface area contributed by atoms with Crippen LogP contribution >= 0.6 is 0 Å². The molecular formula is C32H25N3. The lowest BCUT2D eigenvalue weighted by Gasteiger charge is -2.14. The summed E-state index contributed by atoms with van der Waals surface area (Å²) in [5.41, 5.74) is 12.2. The quantitative estimate of drug-likeness (QED) is 0.255. The smallest absolute Gasteiger partial charge is 0.0791 e. The minimum absolute atomic E-state index is 0.980. The maximum Gasteiger partial charge on any atom is 0.0791 e. The van der Waals surface area contributed by atoms with Crippen molar-refractivity contribution in [2.24, 2.45) is 0 Å². The van der Waals surface area contributed by atoms with Crippen LogP contribution in [0.3, 0.4) is 0 Å². The molecule has 0 fully saturated rings. The van der Waals surface area contributed by atoms with E-state index in [4.69, 9.17) is 4.98 Å². The van der Waals surface area contributed by atoms with Gasteiger partial charge in [-0.3, -0.25) is 15.0 Å². The molecule has 0 atom stereocenters. The molecule has 0 amide bonds. The summed E-state index contributed by atoms with van der Waals surface area (Å²) in [7, 11) is 0. The summed E-state index contributed by atoms with van der Waals surface area (Å²) in [5, 5.41) is 2.26. The van der Waals surface area contributed by atoms with Crippen LogP contribution in [-0.2, 0) is 0 Å². The van der Waals surface area contributed by atoms with E-state index < -0.39 is 0 Å². The van der Waals surface area contributed by atoms with Gasteiger partial charge in [-0.25, -0.2) is 0 Å². The maximum atomic E-state index is 4.97. The Morgan fingerprint density at radius 1 is 0.571 bits per heavy atom. The van der Waals surface area contributed by atoms with Gasteiger partial charge < -0.3 is 0 Å². The highest BCUT2D eigenvalue weighted by Crippen LogP contribution is 2.37. The van der Waals surface area contributed by atoms with E-state index in [1.54, 1.807) is 0 Å². The third kappa shape index (κ3) is 3.85. The van der Waals surface area contributed by atoms with Crippen molar-refractivity contribution in [3.05, 3.63) is 114 Å². The van der Waals surface area contributed by atoms with E-state index in [0.29, 0.717) is 0 Å². The van der Waals surface area contributed by atoms with Crippen LogP contribution in [-0.4, -0.2) is 15.0 Å². The van der Waals surface area contributed by atoms with Crippen molar-refractivity contribution in [3.63, 3.8) is 0 Å². The van der Waals surface area contributed by atoms with Crippen LogP contribution in [0.4, 0.5) is 0 Å². The Labute approximate surface area is 205 Å². The number of fused-ring (bicyclic) bond motifs is 3. The van der Waals surface area contributed by atoms with Crippen molar-refractivity contribution in [1.82, 2.24) is 15.0 Å². The first-order valence-corrected chi connectivity index (χ1v) is 11.9. The molecule has 3 aromatic heterocycles. The summed E-state index contributed by atoms with van der Waals surface area (Å²) in [6.45, 7) is 6.37.